The van der Waals surface area contributed by atoms with Crippen LogP contribution in [0.4, 0.5) is 0 Å². The van der Waals surface area contributed by atoms with Crippen LogP contribution in [-0.4, -0.2) is 16.5 Å². The molecule has 2 rings (SSSR count). The Labute approximate surface area is 98.1 Å². The average molecular weight is 221 g/mol. The molecule has 2 N–H and O–H groups in total. The predicted molar refractivity (Wildman–Crippen MR) is 66.2 cm³/mol. The Hall–Kier alpha value is -0.830. The van der Waals surface area contributed by atoms with Gasteiger partial charge in [-0.05, 0) is 25.3 Å². The lowest BCUT2D eigenvalue weighted by molar-refractivity contribution is 0.384. The number of H-pyrrole nitrogens is 1. The van der Waals surface area contributed by atoms with Crippen molar-refractivity contribution in [3.05, 3.63) is 18.2 Å². The summed E-state index contributed by atoms with van der Waals surface area (Å²) in [6.45, 7) is 3.29. The van der Waals surface area contributed by atoms with Gasteiger partial charge in [-0.3, -0.25) is 0 Å². The van der Waals surface area contributed by atoms with E-state index in [1.54, 1.807) is 0 Å². The average Bonchev–Trinajstić information content (AvgIpc) is 2.96. The SMILES string of the molecule is CCCNC(CC1CCCC1)c1ncc[nH]1. The van der Waals surface area contributed by atoms with E-state index in [0.29, 0.717) is 6.04 Å². The molecule has 90 valence electrons. The fourth-order valence-electron chi connectivity index (χ4n) is 2.66. The zero-order valence-electron chi connectivity index (χ0n) is 10.2. The normalized spacial score (nSPS) is 19.1. The number of imidazole rings is 1. The van der Waals surface area contributed by atoms with Crippen LogP contribution in [0.2, 0.25) is 0 Å². The highest BCUT2D eigenvalue weighted by molar-refractivity contribution is 4.96. The Morgan fingerprint density at radius 1 is 1.50 bits per heavy atom. The van der Waals surface area contributed by atoms with E-state index in [1.165, 1.54) is 38.5 Å². The van der Waals surface area contributed by atoms with Crippen LogP contribution >= 0.6 is 0 Å². The second-order valence-electron chi connectivity index (χ2n) is 4.87. The van der Waals surface area contributed by atoms with Crippen LogP contribution in [-0.2, 0) is 0 Å². The Morgan fingerprint density at radius 2 is 2.31 bits per heavy atom. The maximum Gasteiger partial charge on any atom is 0.123 e. The molecule has 0 aliphatic heterocycles. The van der Waals surface area contributed by atoms with Crippen LogP contribution in [0, 0.1) is 5.92 Å². The lowest BCUT2D eigenvalue weighted by Crippen LogP contribution is -2.25. The monoisotopic (exact) mass is 221 g/mol. The molecule has 1 heterocycles. The fourth-order valence-corrected chi connectivity index (χ4v) is 2.66. The summed E-state index contributed by atoms with van der Waals surface area (Å²) < 4.78 is 0. The van der Waals surface area contributed by atoms with Crippen molar-refractivity contribution >= 4 is 0 Å². The number of nitrogens with one attached hydrogen (secondary N) is 2. The lowest BCUT2D eigenvalue weighted by Gasteiger charge is -2.19. The molecule has 1 unspecified atom stereocenters. The van der Waals surface area contributed by atoms with Gasteiger partial charge in [-0.1, -0.05) is 32.6 Å². The Morgan fingerprint density at radius 3 is 2.94 bits per heavy atom. The van der Waals surface area contributed by atoms with Crippen LogP contribution in [0.5, 0.6) is 0 Å². The van der Waals surface area contributed by atoms with E-state index in [0.717, 1.165) is 18.3 Å². The molecule has 1 atom stereocenters. The van der Waals surface area contributed by atoms with Crippen LogP contribution in [0.15, 0.2) is 12.4 Å². The molecule has 1 fully saturated rings. The Bertz CT molecular complexity index is 275. The molecule has 1 aromatic rings. The third-order valence-corrected chi connectivity index (χ3v) is 3.53. The van der Waals surface area contributed by atoms with Gasteiger partial charge in [-0.15, -0.1) is 0 Å². The third kappa shape index (κ3) is 3.08. The van der Waals surface area contributed by atoms with Crippen LogP contribution in [0.1, 0.15) is 57.3 Å². The quantitative estimate of drug-likeness (QED) is 0.775. The van der Waals surface area contributed by atoms with E-state index < -0.39 is 0 Å². The zero-order valence-corrected chi connectivity index (χ0v) is 10.2. The molecule has 0 spiro atoms. The number of hydrogen-bond donors (Lipinski definition) is 2. The van der Waals surface area contributed by atoms with Gasteiger partial charge in [0.2, 0.25) is 0 Å². The van der Waals surface area contributed by atoms with Gasteiger partial charge in [0.05, 0.1) is 6.04 Å². The highest BCUT2D eigenvalue weighted by Gasteiger charge is 2.21. The van der Waals surface area contributed by atoms with Crippen molar-refractivity contribution in [1.29, 1.82) is 0 Å². The van der Waals surface area contributed by atoms with E-state index >= 15 is 0 Å². The predicted octanol–water partition coefficient (Wildman–Crippen LogP) is 3.03. The minimum atomic E-state index is 0.429. The van der Waals surface area contributed by atoms with Gasteiger partial charge in [0.25, 0.3) is 0 Å². The number of rotatable bonds is 6. The highest BCUT2D eigenvalue weighted by Crippen LogP contribution is 2.32. The highest BCUT2D eigenvalue weighted by atomic mass is 15.0. The van der Waals surface area contributed by atoms with Crippen molar-refractivity contribution in [1.82, 2.24) is 15.3 Å². The summed E-state index contributed by atoms with van der Waals surface area (Å²) >= 11 is 0. The number of aromatic amines is 1. The van der Waals surface area contributed by atoms with Crippen molar-refractivity contribution in [2.75, 3.05) is 6.54 Å². The standard InChI is InChI=1S/C13H23N3/c1-2-7-14-12(13-15-8-9-16-13)10-11-5-3-4-6-11/h8-9,11-12,14H,2-7,10H2,1H3,(H,15,16). The van der Waals surface area contributed by atoms with E-state index in [2.05, 4.69) is 22.2 Å². The number of nitrogens with zero attached hydrogens (tertiary/aromatic N) is 1. The third-order valence-electron chi connectivity index (χ3n) is 3.53. The van der Waals surface area contributed by atoms with Gasteiger partial charge >= 0.3 is 0 Å². The minimum absolute atomic E-state index is 0.429. The molecular formula is C13H23N3. The molecule has 0 aromatic carbocycles. The van der Waals surface area contributed by atoms with Crippen molar-refractivity contribution in [3.63, 3.8) is 0 Å². The van der Waals surface area contributed by atoms with Crippen molar-refractivity contribution in [3.8, 4) is 0 Å². The second-order valence-corrected chi connectivity index (χ2v) is 4.87. The van der Waals surface area contributed by atoms with E-state index in [-0.39, 0.29) is 0 Å². The zero-order chi connectivity index (χ0) is 11.2. The molecule has 1 aliphatic rings. The summed E-state index contributed by atoms with van der Waals surface area (Å²) in [6, 6.07) is 0.429. The van der Waals surface area contributed by atoms with Crippen LogP contribution in [0.3, 0.4) is 0 Å². The van der Waals surface area contributed by atoms with E-state index in [9.17, 15) is 0 Å². The summed E-state index contributed by atoms with van der Waals surface area (Å²) in [7, 11) is 0. The lowest BCUT2D eigenvalue weighted by atomic mass is 9.98. The maximum absolute atomic E-state index is 4.39. The van der Waals surface area contributed by atoms with Gasteiger partial charge in [-0.25, -0.2) is 4.98 Å². The summed E-state index contributed by atoms with van der Waals surface area (Å²) in [5.41, 5.74) is 0. The molecule has 0 saturated heterocycles. The first-order chi connectivity index (χ1) is 7.90. The summed E-state index contributed by atoms with van der Waals surface area (Å²) in [5.74, 6) is 2.01. The fraction of sp³-hybridized carbons (Fsp3) is 0.769. The molecule has 0 radical (unpaired) electrons. The van der Waals surface area contributed by atoms with Gasteiger partial charge in [0, 0.05) is 12.4 Å². The molecule has 1 saturated carbocycles. The van der Waals surface area contributed by atoms with Crippen molar-refractivity contribution in [2.24, 2.45) is 5.92 Å². The summed E-state index contributed by atoms with van der Waals surface area (Å²) in [6.07, 6.45) is 11.9. The molecule has 1 aromatic heterocycles. The Balaban J connectivity index is 1.91. The molecule has 1 aliphatic carbocycles. The van der Waals surface area contributed by atoms with Crippen LogP contribution in [0.25, 0.3) is 0 Å². The number of aromatic nitrogens is 2. The van der Waals surface area contributed by atoms with Crippen LogP contribution < -0.4 is 5.32 Å². The van der Waals surface area contributed by atoms with Gasteiger partial charge in [0.1, 0.15) is 5.82 Å². The van der Waals surface area contributed by atoms with Crippen molar-refractivity contribution < 1.29 is 0 Å². The summed E-state index contributed by atoms with van der Waals surface area (Å²) in [5, 5.41) is 3.60. The van der Waals surface area contributed by atoms with Gasteiger partial charge < -0.3 is 10.3 Å². The molecule has 3 heteroatoms. The summed E-state index contributed by atoms with van der Waals surface area (Å²) in [4.78, 5) is 7.64. The largest absolute Gasteiger partial charge is 0.347 e. The molecule has 0 bridgehead atoms. The minimum Gasteiger partial charge on any atom is -0.347 e. The molecular weight excluding hydrogens is 198 g/mol. The van der Waals surface area contributed by atoms with Gasteiger partial charge in [0.15, 0.2) is 0 Å². The molecule has 0 amide bonds. The van der Waals surface area contributed by atoms with E-state index in [4.69, 9.17) is 0 Å². The topological polar surface area (TPSA) is 40.7 Å². The Kier molecular flexibility index (Phi) is 4.40. The smallest absolute Gasteiger partial charge is 0.123 e. The molecule has 3 nitrogen and oxygen atoms in total. The van der Waals surface area contributed by atoms with E-state index in [1.807, 2.05) is 12.4 Å². The first-order valence-corrected chi connectivity index (χ1v) is 6.62. The first kappa shape index (κ1) is 11.6. The maximum atomic E-state index is 4.39. The number of hydrogen-bond acceptors (Lipinski definition) is 2. The first-order valence-electron chi connectivity index (χ1n) is 6.62. The second kappa shape index (κ2) is 6.04. The van der Waals surface area contributed by atoms with Crippen molar-refractivity contribution in [2.45, 2.75) is 51.5 Å². The van der Waals surface area contributed by atoms with Gasteiger partial charge in [-0.2, -0.15) is 0 Å². The molecule has 16 heavy (non-hydrogen) atoms.